The predicted octanol–water partition coefficient (Wildman–Crippen LogP) is 3.73. The number of piperidine rings is 1. The summed E-state index contributed by atoms with van der Waals surface area (Å²) in [4.78, 5) is 14.9. The summed E-state index contributed by atoms with van der Waals surface area (Å²) in [5.41, 5.74) is 1.43. The van der Waals surface area contributed by atoms with Crippen molar-refractivity contribution >= 4 is 5.91 Å². The Hall–Kier alpha value is -1.55. The van der Waals surface area contributed by atoms with Crippen LogP contribution in [0.5, 0.6) is 5.75 Å². The fourth-order valence-electron chi connectivity index (χ4n) is 5.25. The molecule has 0 spiro atoms. The van der Waals surface area contributed by atoms with E-state index in [-0.39, 0.29) is 11.1 Å². The molecule has 4 nitrogen and oxygen atoms in total. The molecule has 1 atom stereocenters. The Bertz CT molecular complexity index is 620. The predicted molar refractivity (Wildman–Crippen MR) is 105 cm³/mol. The van der Waals surface area contributed by atoms with Crippen molar-refractivity contribution in [3.63, 3.8) is 0 Å². The van der Waals surface area contributed by atoms with E-state index in [0.717, 1.165) is 38.8 Å². The zero-order valence-corrected chi connectivity index (χ0v) is 16.7. The van der Waals surface area contributed by atoms with Crippen molar-refractivity contribution in [2.75, 3.05) is 13.1 Å². The molecule has 0 saturated carbocycles. The number of likely N-dealkylation sites (tertiary alicyclic amines) is 1. The van der Waals surface area contributed by atoms with E-state index in [1.54, 1.807) is 12.1 Å². The summed E-state index contributed by atoms with van der Waals surface area (Å²) in [6.45, 7) is 10.7. The van der Waals surface area contributed by atoms with Crippen LogP contribution in [0.3, 0.4) is 0 Å². The van der Waals surface area contributed by atoms with Gasteiger partial charge in [0, 0.05) is 30.6 Å². The number of nitrogens with one attached hydrogen (secondary N) is 1. The summed E-state index contributed by atoms with van der Waals surface area (Å²) in [5, 5.41) is 13.1. The fourth-order valence-corrected chi connectivity index (χ4v) is 5.25. The summed E-state index contributed by atoms with van der Waals surface area (Å²) in [6.07, 6.45) is 4.87. The molecule has 2 aliphatic rings. The van der Waals surface area contributed by atoms with E-state index in [9.17, 15) is 9.90 Å². The molecule has 0 aliphatic carbocycles. The van der Waals surface area contributed by atoms with Crippen LogP contribution < -0.4 is 5.32 Å². The first-order chi connectivity index (χ1) is 12.1. The zero-order valence-electron chi connectivity index (χ0n) is 16.7. The van der Waals surface area contributed by atoms with Gasteiger partial charge in [0.1, 0.15) is 5.75 Å². The van der Waals surface area contributed by atoms with Crippen molar-refractivity contribution in [2.24, 2.45) is 11.8 Å². The van der Waals surface area contributed by atoms with Gasteiger partial charge in [0.2, 0.25) is 5.91 Å². The summed E-state index contributed by atoms with van der Waals surface area (Å²) in [7, 11) is 0. The SMILES string of the molecule is CC1(C)CC(CC(=O)N2CCC(Cc3ccc(O)cc3)C2)CC(C)(C)N1. The molecule has 0 radical (unpaired) electrons. The average molecular weight is 359 g/mol. The van der Waals surface area contributed by atoms with Crippen molar-refractivity contribution in [3.8, 4) is 5.75 Å². The van der Waals surface area contributed by atoms with E-state index in [0.29, 0.717) is 29.9 Å². The van der Waals surface area contributed by atoms with Gasteiger partial charge >= 0.3 is 0 Å². The molecule has 2 aliphatic heterocycles. The molecule has 0 bridgehead atoms. The van der Waals surface area contributed by atoms with E-state index < -0.39 is 0 Å². The number of phenols is 1. The minimum absolute atomic E-state index is 0.0963. The van der Waals surface area contributed by atoms with Gasteiger partial charge in [-0.3, -0.25) is 4.79 Å². The molecular weight excluding hydrogens is 324 g/mol. The highest BCUT2D eigenvalue weighted by Crippen LogP contribution is 2.35. The fraction of sp³-hybridized carbons (Fsp3) is 0.682. The lowest BCUT2D eigenvalue weighted by atomic mass is 9.74. The van der Waals surface area contributed by atoms with Crippen LogP contribution in [-0.2, 0) is 11.2 Å². The van der Waals surface area contributed by atoms with Gasteiger partial charge in [-0.15, -0.1) is 0 Å². The molecule has 2 N–H and O–H groups in total. The molecule has 144 valence electrons. The van der Waals surface area contributed by atoms with E-state index in [1.807, 2.05) is 12.1 Å². The van der Waals surface area contributed by atoms with E-state index in [1.165, 1.54) is 5.56 Å². The van der Waals surface area contributed by atoms with Crippen LogP contribution in [0.2, 0.25) is 0 Å². The number of amides is 1. The van der Waals surface area contributed by atoms with Crippen molar-refractivity contribution < 1.29 is 9.90 Å². The third-order valence-corrected chi connectivity index (χ3v) is 5.84. The monoisotopic (exact) mass is 358 g/mol. The average Bonchev–Trinajstić information content (AvgIpc) is 2.95. The Labute approximate surface area is 158 Å². The number of hydrogen-bond donors (Lipinski definition) is 2. The lowest BCUT2D eigenvalue weighted by Crippen LogP contribution is -2.58. The quantitative estimate of drug-likeness (QED) is 0.862. The van der Waals surface area contributed by atoms with Crippen LogP contribution in [0.15, 0.2) is 24.3 Å². The molecule has 2 heterocycles. The molecule has 1 aromatic rings. The Morgan fingerprint density at radius 3 is 2.35 bits per heavy atom. The molecule has 4 heteroatoms. The van der Waals surface area contributed by atoms with Crippen molar-refractivity contribution in [1.82, 2.24) is 10.2 Å². The Morgan fingerprint density at radius 2 is 1.73 bits per heavy atom. The Kier molecular flexibility index (Phi) is 5.34. The minimum atomic E-state index is 0.0963. The van der Waals surface area contributed by atoms with Crippen LogP contribution in [0.25, 0.3) is 0 Å². The third kappa shape index (κ3) is 5.00. The first-order valence-electron chi connectivity index (χ1n) is 9.97. The lowest BCUT2D eigenvalue weighted by Gasteiger charge is -2.46. The van der Waals surface area contributed by atoms with Crippen LogP contribution in [0.1, 0.15) is 58.9 Å². The zero-order chi connectivity index (χ0) is 18.9. The second-order valence-corrected chi connectivity index (χ2v) is 9.74. The van der Waals surface area contributed by atoms with Crippen molar-refractivity contribution in [3.05, 3.63) is 29.8 Å². The number of benzene rings is 1. The highest BCUT2D eigenvalue weighted by molar-refractivity contribution is 5.76. The lowest BCUT2D eigenvalue weighted by molar-refractivity contribution is -0.131. The maximum atomic E-state index is 12.9. The van der Waals surface area contributed by atoms with Gasteiger partial charge in [0.05, 0.1) is 0 Å². The van der Waals surface area contributed by atoms with Gasteiger partial charge in [-0.1, -0.05) is 12.1 Å². The maximum absolute atomic E-state index is 12.9. The van der Waals surface area contributed by atoms with Crippen molar-refractivity contribution in [2.45, 2.75) is 70.9 Å². The van der Waals surface area contributed by atoms with Crippen LogP contribution in [0, 0.1) is 11.8 Å². The van der Waals surface area contributed by atoms with Crippen LogP contribution in [0.4, 0.5) is 0 Å². The minimum Gasteiger partial charge on any atom is -0.508 e. The number of aromatic hydroxyl groups is 1. The van der Waals surface area contributed by atoms with Gasteiger partial charge in [0.15, 0.2) is 0 Å². The first kappa shape index (κ1) is 19.2. The molecule has 1 unspecified atom stereocenters. The highest BCUT2D eigenvalue weighted by atomic mass is 16.3. The molecule has 2 saturated heterocycles. The summed E-state index contributed by atoms with van der Waals surface area (Å²) in [5.74, 6) is 1.63. The Balaban J connectivity index is 1.52. The van der Waals surface area contributed by atoms with Crippen molar-refractivity contribution in [1.29, 1.82) is 0 Å². The van der Waals surface area contributed by atoms with Gasteiger partial charge in [-0.25, -0.2) is 0 Å². The maximum Gasteiger partial charge on any atom is 0.222 e. The van der Waals surface area contributed by atoms with Gasteiger partial charge in [0.25, 0.3) is 0 Å². The topological polar surface area (TPSA) is 52.6 Å². The van der Waals surface area contributed by atoms with Crippen LogP contribution >= 0.6 is 0 Å². The molecule has 1 amide bonds. The largest absolute Gasteiger partial charge is 0.508 e. The molecular formula is C22H34N2O2. The number of nitrogens with zero attached hydrogens (tertiary/aromatic N) is 1. The summed E-state index contributed by atoms with van der Waals surface area (Å²) in [6, 6.07) is 7.46. The highest BCUT2D eigenvalue weighted by Gasteiger charge is 2.39. The third-order valence-electron chi connectivity index (χ3n) is 5.84. The number of carbonyl (C=O) groups excluding carboxylic acids is 1. The second kappa shape index (κ2) is 7.22. The standard InChI is InChI=1S/C22H34N2O2/c1-21(2)13-18(14-22(3,4)23-21)12-20(26)24-10-9-17(15-24)11-16-5-7-19(25)8-6-16/h5-8,17-18,23,25H,9-15H2,1-4H3. The molecule has 0 aromatic heterocycles. The summed E-state index contributed by atoms with van der Waals surface area (Å²) >= 11 is 0. The first-order valence-corrected chi connectivity index (χ1v) is 9.97. The van der Waals surface area contributed by atoms with E-state index >= 15 is 0 Å². The summed E-state index contributed by atoms with van der Waals surface area (Å²) < 4.78 is 0. The van der Waals surface area contributed by atoms with Gasteiger partial charge < -0.3 is 15.3 Å². The normalized spacial score (nSPS) is 25.4. The van der Waals surface area contributed by atoms with Gasteiger partial charge in [-0.05, 0) is 82.9 Å². The number of rotatable bonds is 4. The Morgan fingerprint density at radius 1 is 1.12 bits per heavy atom. The molecule has 2 fully saturated rings. The second-order valence-electron chi connectivity index (χ2n) is 9.74. The molecule has 26 heavy (non-hydrogen) atoms. The van der Waals surface area contributed by atoms with E-state index in [4.69, 9.17) is 0 Å². The van der Waals surface area contributed by atoms with Crippen LogP contribution in [-0.4, -0.2) is 40.1 Å². The number of hydrogen-bond acceptors (Lipinski definition) is 3. The van der Waals surface area contributed by atoms with E-state index in [2.05, 4.69) is 37.9 Å². The number of phenolic OH excluding ortho intramolecular Hbond substituents is 1. The smallest absolute Gasteiger partial charge is 0.222 e. The molecule has 1 aromatic carbocycles. The van der Waals surface area contributed by atoms with Gasteiger partial charge in [-0.2, -0.15) is 0 Å². The number of carbonyl (C=O) groups is 1. The molecule has 3 rings (SSSR count).